The first-order valence-electron chi connectivity index (χ1n) is 10.5. The van der Waals surface area contributed by atoms with Gasteiger partial charge in [0.1, 0.15) is 5.75 Å². The molecule has 0 aromatic heterocycles. The van der Waals surface area contributed by atoms with Crippen molar-refractivity contribution in [2.75, 3.05) is 32.8 Å². The van der Waals surface area contributed by atoms with Gasteiger partial charge in [-0.05, 0) is 82.3 Å². The average molecular weight is 429 g/mol. The second kappa shape index (κ2) is 11.9. The van der Waals surface area contributed by atoms with Gasteiger partial charge < -0.3 is 14.5 Å². The third-order valence-electron chi connectivity index (χ3n) is 5.92. The van der Waals surface area contributed by atoms with Crippen molar-refractivity contribution in [3.05, 3.63) is 28.8 Å². The van der Waals surface area contributed by atoms with Crippen LogP contribution in [-0.4, -0.2) is 54.5 Å². The summed E-state index contributed by atoms with van der Waals surface area (Å²) < 4.78 is 5.76. The molecule has 1 aromatic rings. The Labute approximate surface area is 181 Å². The first-order valence-corrected chi connectivity index (χ1v) is 10.9. The second-order valence-electron chi connectivity index (χ2n) is 7.98. The van der Waals surface area contributed by atoms with E-state index in [0.29, 0.717) is 11.8 Å². The maximum absolute atomic E-state index is 12.8. The lowest BCUT2D eigenvalue weighted by molar-refractivity contribution is -0.137. The van der Waals surface area contributed by atoms with Crippen molar-refractivity contribution >= 4 is 29.9 Å². The van der Waals surface area contributed by atoms with E-state index in [1.54, 1.807) is 0 Å². The summed E-state index contributed by atoms with van der Waals surface area (Å²) in [5.41, 5.74) is 0.968. The molecule has 2 aliphatic heterocycles. The highest BCUT2D eigenvalue weighted by atomic mass is 35.5. The van der Waals surface area contributed by atoms with Crippen LogP contribution in [0.1, 0.15) is 56.9 Å². The molecule has 2 aliphatic rings. The van der Waals surface area contributed by atoms with E-state index >= 15 is 0 Å². The molecule has 1 atom stereocenters. The standard InChI is InChI=1S/C22H33ClN2O2.ClH/c1-18-16-20(9-10-21(18)23)27-17-22(26)25-14-7-4-8-19(25)11-15-24-12-5-2-3-6-13-24;/h9-10,16,19H,2-8,11-15,17H2,1H3;1H. The number of carbonyl (C=O) groups excluding carboxylic acids is 1. The van der Waals surface area contributed by atoms with Crippen LogP contribution in [0.15, 0.2) is 18.2 Å². The van der Waals surface area contributed by atoms with Crippen molar-refractivity contribution < 1.29 is 9.53 Å². The molecule has 1 aromatic carbocycles. The number of hydrogen-bond donors (Lipinski definition) is 0. The van der Waals surface area contributed by atoms with Gasteiger partial charge in [0.05, 0.1) is 0 Å². The van der Waals surface area contributed by atoms with E-state index in [1.165, 1.54) is 45.2 Å². The Bertz CT molecular complexity index is 619. The zero-order valence-electron chi connectivity index (χ0n) is 17.0. The third kappa shape index (κ3) is 6.82. The van der Waals surface area contributed by atoms with Gasteiger partial charge in [0.2, 0.25) is 0 Å². The van der Waals surface area contributed by atoms with Crippen LogP contribution in [0.5, 0.6) is 5.75 Å². The first-order chi connectivity index (χ1) is 13.1. The normalized spacial score (nSPS) is 20.9. The monoisotopic (exact) mass is 428 g/mol. The number of halogens is 2. The van der Waals surface area contributed by atoms with Gasteiger partial charge in [-0.2, -0.15) is 0 Å². The number of piperidine rings is 1. The summed E-state index contributed by atoms with van der Waals surface area (Å²) in [6, 6.07) is 5.91. The zero-order chi connectivity index (χ0) is 19.1. The van der Waals surface area contributed by atoms with Gasteiger partial charge in [-0.1, -0.05) is 24.4 Å². The number of carbonyl (C=O) groups is 1. The van der Waals surface area contributed by atoms with Gasteiger partial charge in [0.25, 0.3) is 5.91 Å². The quantitative estimate of drug-likeness (QED) is 0.631. The molecule has 0 bridgehead atoms. The van der Waals surface area contributed by atoms with Crippen molar-refractivity contribution in [1.29, 1.82) is 0 Å². The summed E-state index contributed by atoms with van der Waals surface area (Å²) in [5.74, 6) is 0.826. The predicted molar refractivity (Wildman–Crippen MR) is 118 cm³/mol. The number of likely N-dealkylation sites (tertiary alicyclic amines) is 2. The summed E-state index contributed by atoms with van der Waals surface area (Å²) in [7, 11) is 0. The molecule has 2 heterocycles. The minimum atomic E-state index is 0. The number of ether oxygens (including phenoxy) is 1. The molecule has 1 unspecified atom stereocenters. The molecule has 0 N–H and O–H groups in total. The number of amides is 1. The molecule has 4 nitrogen and oxygen atoms in total. The number of rotatable bonds is 6. The van der Waals surface area contributed by atoms with Crippen molar-refractivity contribution in [2.24, 2.45) is 0 Å². The molecule has 0 spiro atoms. The van der Waals surface area contributed by atoms with Crippen LogP contribution in [0.2, 0.25) is 5.02 Å². The minimum Gasteiger partial charge on any atom is -0.484 e. The Hall–Kier alpha value is -0.970. The lowest BCUT2D eigenvalue weighted by Crippen LogP contribution is -2.47. The van der Waals surface area contributed by atoms with Crippen LogP contribution in [0.25, 0.3) is 0 Å². The van der Waals surface area contributed by atoms with E-state index in [2.05, 4.69) is 9.80 Å². The number of nitrogens with zero attached hydrogens (tertiary/aromatic N) is 2. The van der Waals surface area contributed by atoms with Crippen LogP contribution in [-0.2, 0) is 4.79 Å². The van der Waals surface area contributed by atoms with Crippen molar-refractivity contribution in [3.63, 3.8) is 0 Å². The molecule has 0 saturated carbocycles. The predicted octanol–water partition coefficient (Wildman–Crippen LogP) is 5.10. The second-order valence-corrected chi connectivity index (χ2v) is 8.39. The topological polar surface area (TPSA) is 32.8 Å². The van der Waals surface area contributed by atoms with E-state index in [9.17, 15) is 4.79 Å². The molecule has 3 rings (SSSR count). The summed E-state index contributed by atoms with van der Waals surface area (Å²) in [5, 5.41) is 0.721. The molecule has 0 aliphatic carbocycles. The SMILES string of the molecule is Cc1cc(OCC(=O)N2CCCCC2CCN2CCCCCC2)ccc1Cl.Cl. The van der Waals surface area contributed by atoms with Crippen LogP contribution in [0.4, 0.5) is 0 Å². The van der Waals surface area contributed by atoms with Crippen LogP contribution < -0.4 is 4.74 Å². The summed E-state index contributed by atoms with van der Waals surface area (Å²) in [6.07, 6.45) is 9.92. The van der Waals surface area contributed by atoms with E-state index in [4.69, 9.17) is 16.3 Å². The minimum absolute atomic E-state index is 0. The molecule has 1 amide bonds. The lowest BCUT2D eigenvalue weighted by atomic mass is 9.99. The van der Waals surface area contributed by atoms with E-state index in [1.807, 2.05) is 25.1 Å². The fourth-order valence-electron chi connectivity index (χ4n) is 4.26. The largest absolute Gasteiger partial charge is 0.484 e. The highest BCUT2D eigenvalue weighted by Crippen LogP contribution is 2.23. The van der Waals surface area contributed by atoms with Crippen LogP contribution >= 0.6 is 24.0 Å². The fourth-order valence-corrected chi connectivity index (χ4v) is 4.37. The molecular weight excluding hydrogens is 395 g/mol. The third-order valence-corrected chi connectivity index (χ3v) is 6.34. The Morgan fingerprint density at radius 1 is 1.11 bits per heavy atom. The molecule has 0 radical (unpaired) electrons. The van der Waals surface area contributed by atoms with E-state index in [-0.39, 0.29) is 24.9 Å². The number of hydrogen-bond acceptors (Lipinski definition) is 3. The van der Waals surface area contributed by atoms with Crippen molar-refractivity contribution in [1.82, 2.24) is 9.80 Å². The van der Waals surface area contributed by atoms with Crippen LogP contribution in [0, 0.1) is 6.92 Å². The summed E-state index contributed by atoms with van der Waals surface area (Å²) in [4.78, 5) is 17.5. The fraction of sp³-hybridized carbons (Fsp3) is 0.682. The van der Waals surface area contributed by atoms with Gasteiger partial charge in [-0.25, -0.2) is 0 Å². The summed E-state index contributed by atoms with van der Waals surface area (Å²) in [6.45, 7) is 6.49. The van der Waals surface area contributed by atoms with Gasteiger partial charge in [-0.3, -0.25) is 4.79 Å². The van der Waals surface area contributed by atoms with Crippen LogP contribution in [0.3, 0.4) is 0 Å². The van der Waals surface area contributed by atoms with Gasteiger partial charge in [0, 0.05) is 24.2 Å². The lowest BCUT2D eigenvalue weighted by Gasteiger charge is -2.37. The highest BCUT2D eigenvalue weighted by Gasteiger charge is 2.27. The van der Waals surface area contributed by atoms with Gasteiger partial charge in [-0.15, -0.1) is 12.4 Å². The maximum atomic E-state index is 12.8. The molecule has 28 heavy (non-hydrogen) atoms. The van der Waals surface area contributed by atoms with E-state index in [0.717, 1.165) is 42.9 Å². The molecule has 2 fully saturated rings. The molecule has 6 heteroatoms. The molecule has 158 valence electrons. The highest BCUT2D eigenvalue weighted by molar-refractivity contribution is 6.31. The summed E-state index contributed by atoms with van der Waals surface area (Å²) >= 11 is 6.06. The van der Waals surface area contributed by atoms with Crippen molar-refractivity contribution in [3.8, 4) is 5.75 Å². The molecular formula is C22H34Cl2N2O2. The zero-order valence-corrected chi connectivity index (χ0v) is 18.6. The van der Waals surface area contributed by atoms with Gasteiger partial charge in [0.15, 0.2) is 6.61 Å². The molecule has 2 saturated heterocycles. The Morgan fingerprint density at radius 2 is 1.82 bits per heavy atom. The average Bonchev–Trinajstić information content (AvgIpc) is 2.96. The van der Waals surface area contributed by atoms with Crippen molar-refractivity contribution in [2.45, 2.75) is 64.3 Å². The first kappa shape index (κ1) is 23.3. The van der Waals surface area contributed by atoms with Gasteiger partial charge >= 0.3 is 0 Å². The Balaban J connectivity index is 0.00000280. The Kier molecular flexibility index (Phi) is 9.90. The van der Waals surface area contributed by atoms with E-state index < -0.39 is 0 Å². The maximum Gasteiger partial charge on any atom is 0.260 e. The Morgan fingerprint density at radius 3 is 2.54 bits per heavy atom. The number of aryl methyl sites for hydroxylation is 1. The smallest absolute Gasteiger partial charge is 0.260 e. The number of benzene rings is 1.